The summed E-state index contributed by atoms with van der Waals surface area (Å²) in [5, 5.41) is 12.2. The minimum Gasteiger partial charge on any atom is -0.478 e. The molecule has 1 unspecified atom stereocenters. The van der Waals surface area contributed by atoms with Crippen LogP contribution < -0.4 is 5.32 Å². The van der Waals surface area contributed by atoms with Gasteiger partial charge in [0.1, 0.15) is 0 Å². The molecule has 0 heterocycles. The van der Waals surface area contributed by atoms with E-state index in [-0.39, 0.29) is 6.04 Å². The zero-order chi connectivity index (χ0) is 12.1. The topological polar surface area (TPSA) is 49.3 Å². The van der Waals surface area contributed by atoms with E-state index in [1.165, 1.54) is 0 Å². The molecular weight excluding hydrogens is 202 g/mol. The van der Waals surface area contributed by atoms with Gasteiger partial charge in [0.05, 0.1) is 5.56 Å². The second-order valence-electron chi connectivity index (χ2n) is 3.92. The molecule has 0 fully saturated rings. The molecule has 0 aliphatic rings. The summed E-state index contributed by atoms with van der Waals surface area (Å²) in [5.41, 5.74) is 2.02. The van der Waals surface area contributed by atoms with Crippen molar-refractivity contribution in [3.63, 3.8) is 0 Å². The number of carboxylic acid groups (broad SMARTS) is 1. The van der Waals surface area contributed by atoms with Crippen LogP contribution in [0.15, 0.2) is 30.9 Å². The molecule has 0 saturated carbocycles. The van der Waals surface area contributed by atoms with Gasteiger partial charge < -0.3 is 10.4 Å². The van der Waals surface area contributed by atoms with Crippen molar-refractivity contribution >= 4 is 11.7 Å². The fourth-order valence-corrected chi connectivity index (χ4v) is 1.54. The van der Waals surface area contributed by atoms with E-state index in [2.05, 4.69) is 11.9 Å². The van der Waals surface area contributed by atoms with Crippen LogP contribution in [0, 0.1) is 6.92 Å². The molecule has 0 aliphatic heterocycles. The Morgan fingerprint density at radius 1 is 1.62 bits per heavy atom. The Bertz CT molecular complexity index is 399. The molecule has 3 heteroatoms. The van der Waals surface area contributed by atoms with Crippen LogP contribution in [-0.4, -0.2) is 17.1 Å². The van der Waals surface area contributed by atoms with Crippen LogP contribution >= 0.6 is 0 Å². The van der Waals surface area contributed by atoms with Crippen molar-refractivity contribution in [1.29, 1.82) is 0 Å². The van der Waals surface area contributed by atoms with Crippen molar-refractivity contribution in [2.24, 2.45) is 0 Å². The van der Waals surface area contributed by atoms with E-state index in [0.717, 1.165) is 12.0 Å². The first-order chi connectivity index (χ1) is 7.54. The van der Waals surface area contributed by atoms with Gasteiger partial charge in [0.15, 0.2) is 0 Å². The molecule has 1 aromatic rings. The van der Waals surface area contributed by atoms with E-state index in [4.69, 9.17) is 5.11 Å². The van der Waals surface area contributed by atoms with Crippen LogP contribution in [0.25, 0.3) is 0 Å². The summed E-state index contributed by atoms with van der Waals surface area (Å²) >= 11 is 0. The predicted octanol–water partition coefficient (Wildman–Crippen LogP) is 3.07. The van der Waals surface area contributed by atoms with Gasteiger partial charge in [-0.1, -0.05) is 12.1 Å². The average Bonchev–Trinajstić information content (AvgIpc) is 2.17. The normalized spacial score (nSPS) is 11.9. The van der Waals surface area contributed by atoms with Crippen LogP contribution in [-0.2, 0) is 0 Å². The van der Waals surface area contributed by atoms with Gasteiger partial charge in [-0.3, -0.25) is 0 Å². The number of carboxylic acids is 1. The molecule has 0 amide bonds. The fourth-order valence-electron chi connectivity index (χ4n) is 1.54. The number of anilines is 1. The average molecular weight is 219 g/mol. The Morgan fingerprint density at radius 3 is 2.88 bits per heavy atom. The van der Waals surface area contributed by atoms with E-state index >= 15 is 0 Å². The van der Waals surface area contributed by atoms with Crippen LogP contribution in [0.4, 0.5) is 5.69 Å². The van der Waals surface area contributed by atoms with Gasteiger partial charge in [0, 0.05) is 11.7 Å². The third kappa shape index (κ3) is 3.12. The van der Waals surface area contributed by atoms with Crippen molar-refractivity contribution in [3.8, 4) is 0 Å². The molecular formula is C13H17NO2. The van der Waals surface area contributed by atoms with Crippen molar-refractivity contribution in [3.05, 3.63) is 42.0 Å². The monoisotopic (exact) mass is 219 g/mol. The highest BCUT2D eigenvalue weighted by molar-refractivity contribution is 5.94. The zero-order valence-electron chi connectivity index (χ0n) is 9.66. The van der Waals surface area contributed by atoms with E-state index in [9.17, 15) is 4.79 Å². The summed E-state index contributed by atoms with van der Waals surface area (Å²) in [7, 11) is 0. The summed E-state index contributed by atoms with van der Waals surface area (Å²) < 4.78 is 0. The van der Waals surface area contributed by atoms with Gasteiger partial charge in [-0.25, -0.2) is 4.79 Å². The first-order valence-corrected chi connectivity index (χ1v) is 5.26. The molecule has 3 nitrogen and oxygen atoms in total. The maximum Gasteiger partial charge on any atom is 0.337 e. The third-order valence-corrected chi connectivity index (χ3v) is 2.33. The van der Waals surface area contributed by atoms with E-state index in [1.807, 2.05) is 26.0 Å². The number of benzene rings is 1. The molecule has 86 valence electrons. The Kier molecular flexibility index (Phi) is 4.11. The Hall–Kier alpha value is -1.77. The molecule has 1 atom stereocenters. The number of hydrogen-bond donors (Lipinski definition) is 2. The Balaban J connectivity index is 2.96. The van der Waals surface area contributed by atoms with Crippen molar-refractivity contribution in [2.45, 2.75) is 26.3 Å². The van der Waals surface area contributed by atoms with E-state index in [1.54, 1.807) is 12.1 Å². The molecule has 0 saturated heterocycles. The maximum atomic E-state index is 11.0. The first kappa shape index (κ1) is 12.3. The lowest BCUT2D eigenvalue weighted by Gasteiger charge is -2.15. The molecule has 0 radical (unpaired) electrons. The standard InChI is InChI=1S/C13H17NO2/c1-4-5-10(3)14-12-8-9(2)6-7-11(12)13(15)16/h4,6-8,10,14H,1,5H2,2-3H3,(H,15,16). The second kappa shape index (κ2) is 5.35. The zero-order valence-corrected chi connectivity index (χ0v) is 9.66. The van der Waals surface area contributed by atoms with E-state index in [0.29, 0.717) is 11.3 Å². The van der Waals surface area contributed by atoms with Crippen LogP contribution in [0.3, 0.4) is 0 Å². The fraction of sp³-hybridized carbons (Fsp3) is 0.308. The molecule has 1 rings (SSSR count). The molecule has 1 aromatic carbocycles. The van der Waals surface area contributed by atoms with E-state index < -0.39 is 5.97 Å². The van der Waals surface area contributed by atoms with Crippen LogP contribution in [0.5, 0.6) is 0 Å². The SMILES string of the molecule is C=CCC(C)Nc1cc(C)ccc1C(=O)O. The molecule has 2 N–H and O–H groups in total. The van der Waals surface area contributed by atoms with Crippen LogP contribution in [0.1, 0.15) is 29.3 Å². The molecule has 0 bridgehead atoms. The largest absolute Gasteiger partial charge is 0.478 e. The summed E-state index contributed by atoms with van der Waals surface area (Å²) in [6.07, 6.45) is 2.61. The predicted molar refractivity (Wildman–Crippen MR) is 66.0 cm³/mol. The number of nitrogens with one attached hydrogen (secondary N) is 1. The van der Waals surface area contributed by atoms with Crippen molar-refractivity contribution in [2.75, 3.05) is 5.32 Å². The summed E-state index contributed by atoms with van der Waals surface area (Å²) in [4.78, 5) is 11.0. The molecule has 0 spiro atoms. The quantitative estimate of drug-likeness (QED) is 0.748. The highest BCUT2D eigenvalue weighted by Gasteiger charge is 2.11. The lowest BCUT2D eigenvalue weighted by Crippen LogP contribution is -2.16. The minimum absolute atomic E-state index is 0.178. The number of carbonyl (C=O) groups is 1. The van der Waals surface area contributed by atoms with Gasteiger partial charge >= 0.3 is 5.97 Å². The van der Waals surface area contributed by atoms with Gasteiger partial charge in [0.2, 0.25) is 0 Å². The van der Waals surface area contributed by atoms with Gasteiger partial charge in [-0.15, -0.1) is 6.58 Å². The summed E-state index contributed by atoms with van der Waals surface area (Å²) in [5.74, 6) is -0.909. The van der Waals surface area contributed by atoms with Crippen LogP contribution in [0.2, 0.25) is 0 Å². The molecule has 16 heavy (non-hydrogen) atoms. The molecule has 0 aromatic heterocycles. The Morgan fingerprint density at radius 2 is 2.31 bits per heavy atom. The van der Waals surface area contributed by atoms with Gasteiger partial charge in [-0.2, -0.15) is 0 Å². The lowest BCUT2D eigenvalue weighted by atomic mass is 10.1. The highest BCUT2D eigenvalue weighted by atomic mass is 16.4. The number of aromatic carboxylic acids is 1. The Labute approximate surface area is 95.8 Å². The van der Waals surface area contributed by atoms with Gasteiger partial charge in [0.25, 0.3) is 0 Å². The summed E-state index contributed by atoms with van der Waals surface area (Å²) in [6, 6.07) is 5.45. The number of hydrogen-bond acceptors (Lipinski definition) is 2. The smallest absolute Gasteiger partial charge is 0.337 e. The van der Waals surface area contributed by atoms with Gasteiger partial charge in [-0.05, 0) is 38.0 Å². The molecule has 0 aliphatic carbocycles. The summed E-state index contributed by atoms with van der Waals surface area (Å²) in [6.45, 7) is 7.60. The highest BCUT2D eigenvalue weighted by Crippen LogP contribution is 2.19. The lowest BCUT2D eigenvalue weighted by molar-refractivity contribution is 0.0698. The first-order valence-electron chi connectivity index (χ1n) is 5.26. The third-order valence-electron chi connectivity index (χ3n) is 2.33. The second-order valence-corrected chi connectivity index (χ2v) is 3.92. The minimum atomic E-state index is -0.909. The maximum absolute atomic E-state index is 11.0. The van der Waals surface area contributed by atoms with Crippen molar-refractivity contribution < 1.29 is 9.90 Å². The van der Waals surface area contributed by atoms with Crippen molar-refractivity contribution in [1.82, 2.24) is 0 Å². The number of aryl methyl sites for hydroxylation is 1. The number of rotatable bonds is 5.